The van der Waals surface area contributed by atoms with Crippen molar-refractivity contribution in [1.29, 1.82) is 0 Å². The van der Waals surface area contributed by atoms with Crippen molar-refractivity contribution in [1.82, 2.24) is 0 Å². The Morgan fingerprint density at radius 1 is 1.25 bits per heavy atom. The number of halogens is 1. The van der Waals surface area contributed by atoms with Gasteiger partial charge in [-0.25, -0.2) is 0 Å². The van der Waals surface area contributed by atoms with Gasteiger partial charge < -0.3 is 20.5 Å². The van der Waals surface area contributed by atoms with Crippen LogP contribution < -0.4 is 20.5 Å². The third-order valence-corrected chi connectivity index (χ3v) is 3.51. The van der Waals surface area contributed by atoms with Gasteiger partial charge in [-0.3, -0.25) is 9.59 Å². The van der Waals surface area contributed by atoms with Gasteiger partial charge in [-0.05, 0) is 42.8 Å². The van der Waals surface area contributed by atoms with Crippen molar-refractivity contribution < 1.29 is 19.1 Å². The van der Waals surface area contributed by atoms with Gasteiger partial charge in [0, 0.05) is 10.7 Å². The summed E-state index contributed by atoms with van der Waals surface area (Å²) in [6.07, 6.45) is 0. The number of methoxy groups -OCH3 is 1. The van der Waals surface area contributed by atoms with Crippen LogP contribution >= 0.6 is 11.6 Å². The fourth-order valence-corrected chi connectivity index (χ4v) is 2.34. The van der Waals surface area contributed by atoms with Crippen LogP contribution in [0, 0.1) is 6.92 Å². The molecule has 0 fully saturated rings. The molecule has 0 saturated carbocycles. The second-order valence-electron chi connectivity index (χ2n) is 5.00. The maximum Gasteiger partial charge on any atom is 0.262 e. The summed E-state index contributed by atoms with van der Waals surface area (Å²) in [5.41, 5.74) is 6.91. The lowest BCUT2D eigenvalue weighted by Crippen LogP contribution is -2.22. The lowest BCUT2D eigenvalue weighted by molar-refractivity contribution is -0.118. The number of primary amides is 1. The van der Waals surface area contributed by atoms with E-state index in [0.717, 1.165) is 5.56 Å². The van der Waals surface area contributed by atoms with Gasteiger partial charge in [0.2, 0.25) is 0 Å². The predicted octanol–water partition coefficient (Wildman–Crippen LogP) is 2.77. The van der Waals surface area contributed by atoms with Gasteiger partial charge in [0.15, 0.2) is 18.1 Å². The summed E-state index contributed by atoms with van der Waals surface area (Å²) in [6.45, 7) is 1.52. The highest BCUT2D eigenvalue weighted by atomic mass is 35.5. The first-order chi connectivity index (χ1) is 11.4. The summed E-state index contributed by atoms with van der Waals surface area (Å²) in [4.78, 5) is 23.6. The molecule has 2 amide bonds. The van der Waals surface area contributed by atoms with Crippen LogP contribution in [0.5, 0.6) is 11.5 Å². The molecule has 0 radical (unpaired) electrons. The van der Waals surface area contributed by atoms with E-state index in [2.05, 4.69) is 5.32 Å². The summed E-state index contributed by atoms with van der Waals surface area (Å²) in [5.74, 6) is -0.600. The zero-order valence-electron chi connectivity index (χ0n) is 13.3. The second-order valence-corrected chi connectivity index (χ2v) is 5.43. The molecule has 24 heavy (non-hydrogen) atoms. The third-order valence-electron chi connectivity index (χ3n) is 3.27. The Bertz CT molecular complexity index is 777. The van der Waals surface area contributed by atoms with E-state index in [1.54, 1.807) is 30.3 Å². The maximum absolute atomic E-state index is 12.1. The number of carbonyl (C=O) groups is 2. The van der Waals surface area contributed by atoms with Gasteiger partial charge in [-0.2, -0.15) is 0 Å². The number of amides is 2. The minimum atomic E-state index is -0.669. The van der Waals surface area contributed by atoms with Crippen molar-refractivity contribution in [3.8, 4) is 11.5 Å². The molecular weight excluding hydrogens is 332 g/mol. The zero-order valence-corrected chi connectivity index (χ0v) is 14.0. The van der Waals surface area contributed by atoms with Crippen LogP contribution in [-0.4, -0.2) is 25.5 Å². The summed E-state index contributed by atoms with van der Waals surface area (Å²) in [5, 5.41) is 3.30. The second kappa shape index (κ2) is 7.70. The van der Waals surface area contributed by atoms with Gasteiger partial charge in [0.25, 0.3) is 11.8 Å². The maximum atomic E-state index is 12.1. The van der Waals surface area contributed by atoms with Crippen molar-refractivity contribution in [2.24, 2.45) is 5.73 Å². The molecule has 0 aliphatic carbocycles. The molecule has 0 aliphatic rings. The number of hydrogen-bond donors (Lipinski definition) is 2. The fourth-order valence-electron chi connectivity index (χ4n) is 2.11. The summed E-state index contributed by atoms with van der Waals surface area (Å²) >= 11 is 5.88. The molecule has 0 aliphatic heterocycles. The Morgan fingerprint density at radius 3 is 2.62 bits per heavy atom. The van der Waals surface area contributed by atoms with E-state index >= 15 is 0 Å². The summed E-state index contributed by atoms with van der Waals surface area (Å²) in [7, 11) is 1.43. The number of benzene rings is 2. The fraction of sp³-hybridized carbons (Fsp3) is 0.176. The molecule has 0 atom stereocenters. The van der Waals surface area contributed by atoms with E-state index in [-0.39, 0.29) is 23.8 Å². The number of nitrogens with two attached hydrogens (primary N) is 1. The zero-order chi connectivity index (χ0) is 17.7. The van der Waals surface area contributed by atoms with Crippen molar-refractivity contribution in [2.75, 3.05) is 19.0 Å². The first kappa shape index (κ1) is 17.6. The number of ether oxygens (including phenoxy) is 2. The Labute approximate surface area is 144 Å². The van der Waals surface area contributed by atoms with Crippen LogP contribution in [0.3, 0.4) is 0 Å². The van der Waals surface area contributed by atoms with Gasteiger partial charge in [-0.15, -0.1) is 0 Å². The molecule has 0 unspecified atom stereocenters. The topological polar surface area (TPSA) is 90.7 Å². The van der Waals surface area contributed by atoms with Gasteiger partial charge in [0.05, 0.1) is 12.7 Å². The first-order valence-corrected chi connectivity index (χ1v) is 7.45. The number of hydrogen-bond acceptors (Lipinski definition) is 4. The van der Waals surface area contributed by atoms with Crippen LogP contribution in [0.25, 0.3) is 0 Å². The first-order valence-electron chi connectivity index (χ1n) is 7.08. The predicted molar refractivity (Wildman–Crippen MR) is 91.8 cm³/mol. The highest BCUT2D eigenvalue weighted by Crippen LogP contribution is 2.30. The molecule has 0 saturated heterocycles. The molecule has 2 aromatic carbocycles. The number of anilines is 1. The van der Waals surface area contributed by atoms with Crippen molar-refractivity contribution in [2.45, 2.75) is 6.92 Å². The smallest absolute Gasteiger partial charge is 0.262 e. The largest absolute Gasteiger partial charge is 0.493 e. The Balaban J connectivity index is 2.10. The number of carbonyl (C=O) groups excluding carboxylic acids is 2. The van der Waals surface area contributed by atoms with Crippen LogP contribution in [0.2, 0.25) is 5.02 Å². The van der Waals surface area contributed by atoms with Crippen LogP contribution in [0.4, 0.5) is 5.69 Å². The SMILES string of the molecule is COc1cccc(C(N)=O)c1OCC(=O)Nc1ccc(Cl)cc1C. The summed E-state index contributed by atoms with van der Waals surface area (Å²) < 4.78 is 10.6. The van der Waals surface area contributed by atoms with E-state index in [1.165, 1.54) is 13.2 Å². The molecule has 126 valence electrons. The minimum Gasteiger partial charge on any atom is -0.493 e. The normalized spacial score (nSPS) is 10.1. The molecule has 0 aromatic heterocycles. The number of nitrogens with one attached hydrogen (secondary N) is 1. The lowest BCUT2D eigenvalue weighted by atomic mass is 10.2. The molecule has 0 heterocycles. The molecule has 7 heteroatoms. The molecule has 2 aromatic rings. The van der Waals surface area contributed by atoms with Gasteiger partial charge >= 0.3 is 0 Å². The molecule has 2 rings (SSSR count). The van der Waals surface area contributed by atoms with Gasteiger partial charge in [-0.1, -0.05) is 17.7 Å². The molecule has 0 bridgehead atoms. The minimum absolute atomic E-state index is 0.135. The Kier molecular flexibility index (Phi) is 5.65. The van der Waals surface area contributed by atoms with E-state index in [4.69, 9.17) is 26.8 Å². The molecular formula is C17H17ClN2O4. The number of para-hydroxylation sites is 1. The van der Waals surface area contributed by atoms with Gasteiger partial charge in [0.1, 0.15) is 0 Å². The standard InChI is InChI=1S/C17H17ClN2O4/c1-10-8-11(18)6-7-13(10)20-15(21)9-24-16-12(17(19)22)4-3-5-14(16)23-2/h3-8H,9H2,1-2H3,(H2,19,22)(H,20,21). The van der Waals surface area contributed by atoms with Crippen molar-refractivity contribution in [3.63, 3.8) is 0 Å². The van der Waals surface area contributed by atoms with Crippen molar-refractivity contribution in [3.05, 3.63) is 52.5 Å². The molecule has 0 spiro atoms. The third kappa shape index (κ3) is 4.17. The lowest BCUT2D eigenvalue weighted by Gasteiger charge is -2.14. The average molecular weight is 349 g/mol. The van der Waals surface area contributed by atoms with E-state index < -0.39 is 5.91 Å². The van der Waals surface area contributed by atoms with E-state index in [0.29, 0.717) is 16.5 Å². The molecule has 6 nitrogen and oxygen atoms in total. The number of aryl methyl sites for hydroxylation is 1. The highest BCUT2D eigenvalue weighted by molar-refractivity contribution is 6.30. The van der Waals surface area contributed by atoms with Crippen LogP contribution in [-0.2, 0) is 4.79 Å². The van der Waals surface area contributed by atoms with E-state index in [1.807, 2.05) is 6.92 Å². The van der Waals surface area contributed by atoms with Crippen molar-refractivity contribution >= 4 is 29.1 Å². The van der Waals surface area contributed by atoms with E-state index in [9.17, 15) is 9.59 Å². The molecule has 3 N–H and O–H groups in total. The summed E-state index contributed by atoms with van der Waals surface area (Å²) in [6, 6.07) is 9.85. The Morgan fingerprint density at radius 2 is 2.00 bits per heavy atom. The van der Waals surface area contributed by atoms with Crippen LogP contribution in [0.15, 0.2) is 36.4 Å². The van der Waals surface area contributed by atoms with Crippen LogP contribution in [0.1, 0.15) is 15.9 Å². The monoisotopic (exact) mass is 348 g/mol. The highest BCUT2D eigenvalue weighted by Gasteiger charge is 2.16. The quantitative estimate of drug-likeness (QED) is 0.839. The average Bonchev–Trinajstić information content (AvgIpc) is 2.55. The Hall–Kier alpha value is -2.73. The number of rotatable bonds is 6.